The molecule has 2 aromatic rings. The highest BCUT2D eigenvalue weighted by Crippen LogP contribution is 2.38. The van der Waals surface area contributed by atoms with Gasteiger partial charge in [0.05, 0.1) is 13.7 Å². The fourth-order valence-electron chi connectivity index (χ4n) is 2.23. The highest BCUT2D eigenvalue weighted by molar-refractivity contribution is 5.82. The van der Waals surface area contributed by atoms with Crippen LogP contribution >= 0.6 is 0 Å². The van der Waals surface area contributed by atoms with Crippen LogP contribution in [0.25, 0.3) is 16.0 Å². The molecular weight excluding hydrogens is 262 g/mol. The Morgan fingerprint density at radius 3 is 2.29 bits per heavy atom. The van der Waals surface area contributed by atoms with Crippen LogP contribution in [0, 0.1) is 17.9 Å². The molecule has 0 aliphatic carbocycles. The molecule has 0 unspecified atom stereocenters. The van der Waals surface area contributed by atoms with Crippen LogP contribution in [-0.4, -0.2) is 11.7 Å². The van der Waals surface area contributed by atoms with E-state index in [0.717, 1.165) is 16.9 Å². The third-order valence-electron chi connectivity index (χ3n) is 3.32. The van der Waals surface area contributed by atoms with E-state index in [1.54, 1.807) is 7.11 Å². The Balaban J connectivity index is 2.67. The standard InChI is InChI=1S/C17H17N3O/c1-17(2,3)20-11-14(16(19-4)15(20)10-18)12-6-8-13(21-5)9-7-12/h6-9,11H,1-3,5H3. The van der Waals surface area contributed by atoms with E-state index in [9.17, 15) is 5.26 Å². The second kappa shape index (κ2) is 5.34. The van der Waals surface area contributed by atoms with E-state index in [-0.39, 0.29) is 5.54 Å². The molecule has 0 saturated heterocycles. The van der Waals surface area contributed by atoms with Gasteiger partial charge in [0.2, 0.25) is 5.69 Å². The van der Waals surface area contributed by atoms with E-state index in [1.165, 1.54) is 0 Å². The molecule has 21 heavy (non-hydrogen) atoms. The predicted octanol–water partition coefficient (Wildman–Crippen LogP) is 4.34. The zero-order valence-corrected chi connectivity index (χ0v) is 12.6. The summed E-state index contributed by atoms with van der Waals surface area (Å²) < 4.78 is 7.01. The number of nitriles is 1. The van der Waals surface area contributed by atoms with E-state index < -0.39 is 0 Å². The van der Waals surface area contributed by atoms with Crippen LogP contribution in [0.1, 0.15) is 26.5 Å². The molecule has 0 saturated carbocycles. The molecule has 4 nitrogen and oxygen atoms in total. The molecule has 0 N–H and O–H groups in total. The van der Waals surface area contributed by atoms with Gasteiger partial charge in [-0.25, -0.2) is 4.85 Å². The Bertz CT molecular complexity index is 735. The molecule has 1 heterocycles. The first-order valence-corrected chi connectivity index (χ1v) is 6.60. The summed E-state index contributed by atoms with van der Waals surface area (Å²) in [5.41, 5.74) is 2.23. The Labute approximate surface area is 125 Å². The van der Waals surface area contributed by atoms with E-state index in [4.69, 9.17) is 11.3 Å². The predicted molar refractivity (Wildman–Crippen MR) is 82.4 cm³/mol. The number of aromatic nitrogens is 1. The van der Waals surface area contributed by atoms with Crippen molar-refractivity contribution < 1.29 is 4.74 Å². The van der Waals surface area contributed by atoms with Gasteiger partial charge in [0, 0.05) is 17.3 Å². The highest BCUT2D eigenvalue weighted by atomic mass is 16.5. The summed E-state index contributed by atoms with van der Waals surface area (Å²) in [6, 6.07) is 9.66. The summed E-state index contributed by atoms with van der Waals surface area (Å²) in [6.07, 6.45) is 1.88. The summed E-state index contributed by atoms with van der Waals surface area (Å²) in [4.78, 5) is 3.57. The van der Waals surface area contributed by atoms with Gasteiger partial charge in [-0.1, -0.05) is 12.1 Å². The lowest BCUT2D eigenvalue weighted by Crippen LogP contribution is -2.22. The molecule has 0 atom stereocenters. The van der Waals surface area contributed by atoms with Crippen molar-refractivity contribution in [2.24, 2.45) is 0 Å². The molecule has 106 valence electrons. The molecule has 0 aliphatic heterocycles. The lowest BCUT2D eigenvalue weighted by atomic mass is 10.1. The van der Waals surface area contributed by atoms with Gasteiger partial charge < -0.3 is 9.30 Å². The van der Waals surface area contributed by atoms with Crippen LogP contribution in [-0.2, 0) is 5.54 Å². The second-order valence-corrected chi connectivity index (χ2v) is 5.73. The molecule has 0 radical (unpaired) electrons. The number of nitrogens with zero attached hydrogens (tertiary/aromatic N) is 3. The molecule has 0 aliphatic rings. The van der Waals surface area contributed by atoms with Crippen molar-refractivity contribution >= 4 is 5.69 Å². The summed E-state index contributed by atoms with van der Waals surface area (Å²) in [5.74, 6) is 0.763. The number of hydrogen-bond acceptors (Lipinski definition) is 2. The van der Waals surface area contributed by atoms with Gasteiger partial charge in [-0.3, -0.25) is 0 Å². The Kier molecular flexibility index (Phi) is 3.74. The van der Waals surface area contributed by atoms with Crippen LogP contribution in [0.5, 0.6) is 5.75 Å². The fourth-order valence-corrected chi connectivity index (χ4v) is 2.23. The topological polar surface area (TPSA) is 42.3 Å². The normalized spacial score (nSPS) is 10.8. The number of rotatable bonds is 2. The first kappa shape index (κ1) is 14.7. The first-order chi connectivity index (χ1) is 9.92. The zero-order chi connectivity index (χ0) is 15.6. The summed E-state index contributed by atoms with van der Waals surface area (Å²) in [5, 5.41) is 9.40. The third kappa shape index (κ3) is 2.61. The SMILES string of the molecule is [C-]#[N+]c1c(-c2ccc(OC)cc2)cn(C(C)(C)C)c1C#N. The van der Waals surface area contributed by atoms with E-state index in [2.05, 4.69) is 10.9 Å². The molecule has 0 spiro atoms. The molecule has 0 bridgehead atoms. The van der Waals surface area contributed by atoms with Gasteiger partial charge in [-0.15, -0.1) is 0 Å². The van der Waals surface area contributed by atoms with Crippen molar-refractivity contribution in [3.63, 3.8) is 0 Å². The van der Waals surface area contributed by atoms with Crippen LogP contribution in [0.2, 0.25) is 0 Å². The van der Waals surface area contributed by atoms with Gasteiger partial charge in [0.25, 0.3) is 0 Å². The molecule has 4 heteroatoms. The quantitative estimate of drug-likeness (QED) is 0.767. The summed E-state index contributed by atoms with van der Waals surface area (Å²) in [7, 11) is 1.61. The molecule has 0 amide bonds. The minimum absolute atomic E-state index is 0.255. The van der Waals surface area contributed by atoms with Crippen molar-refractivity contribution in [2.45, 2.75) is 26.3 Å². The Morgan fingerprint density at radius 1 is 1.24 bits per heavy atom. The molecule has 1 aromatic carbocycles. The van der Waals surface area contributed by atoms with Crippen molar-refractivity contribution in [3.8, 4) is 22.9 Å². The smallest absolute Gasteiger partial charge is 0.229 e. The second-order valence-electron chi connectivity index (χ2n) is 5.73. The Hall–Kier alpha value is -2.72. The minimum Gasteiger partial charge on any atom is -0.497 e. The Morgan fingerprint density at radius 2 is 1.86 bits per heavy atom. The van der Waals surface area contributed by atoms with E-state index in [0.29, 0.717) is 11.4 Å². The number of ether oxygens (including phenoxy) is 1. The maximum atomic E-state index is 9.40. The van der Waals surface area contributed by atoms with Crippen molar-refractivity contribution in [1.29, 1.82) is 5.26 Å². The number of methoxy groups -OCH3 is 1. The maximum Gasteiger partial charge on any atom is 0.229 e. The van der Waals surface area contributed by atoms with Crippen LogP contribution in [0.3, 0.4) is 0 Å². The summed E-state index contributed by atoms with van der Waals surface area (Å²) >= 11 is 0. The first-order valence-electron chi connectivity index (χ1n) is 6.60. The van der Waals surface area contributed by atoms with E-state index in [1.807, 2.05) is 55.8 Å². The number of benzene rings is 1. The number of hydrogen-bond donors (Lipinski definition) is 0. The van der Waals surface area contributed by atoms with Gasteiger partial charge >= 0.3 is 0 Å². The third-order valence-corrected chi connectivity index (χ3v) is 3.32. The monoisotopic (exact) mass is 279 g/mol. The van der Waals surface area contributed by atoms with Crippen molar-refractivity contribution in [3.05, 3.63) is 47.6 Å². The van der Waals surface area contributed by atoms with Gasteiger partial charge in [-0.05, 0) is 38.5 Å². The van der Waals surface area contributed by atoms with Gasteiger partial charge in [0.15, 0.2) is 0 Å². The average molecular weight is 279 g/mol. The lowest BCUT2D eigenvalue weighted by molar-refractivity contribution is 0.396. The fraction of sp³-hybridized carbons (Fsp3) is 0.294. The molecule has 2 rings (SSSR count). The maximum absolute atomic E-state index is 9.40. The molecule has 1 aromatic heterocycles. The van der Waals surface area contributed by atoms with Crippen molar-refractivity contribution in [2.75, 3.05) is 7.11 Å². The molecular formula is C17H17N3O. The van der Waals surface area contributed by atoms with Crippen LogP contribution in [0.15, 0.2) is 30.5 Å². The highest BCUT2D eigenvalue weighted by Gasteiger charge is 2.23. The van der Waals surface area contributed by atoms with Gasteiger partial charge in [0.1, 0.15) is 17.5 Å². The van der Waals surface area contributed by atoms with Crippen LogP contribution < -0.4 is 4.74 Å². The van der Waals surface area contributed by atoms with Crippen LogP contribution in [0.4, 0.5) is 5.69 Å². The van der Waals surface area contributed by atoms with E-state index >= 15 is 0 Å². The largest absolute Gasteiger partial charge is 0.497 e. The molecule has 0 fully saturated rings. The zero-order valence-electron chi connectivity index (χ0n) is 12.6. The minimum atomic E-state index is -0.255. The van der Waals surface area contributed by atoms with Crippen molar-refractivity contribution in [1.82, 2.24) is 4.57 Å². The lowest BCUT2D eigenvalue weighted by Gasteiger charge is -2.22. The van der Waals surface area contributed by atoms with Gasteiger partial charge in [-0.2, -0.15) is 5.26 Å². The summed E-state index contributed by atoms with van der Waals surface area (Å²) in [6.45, 7) is 13.4. The average Bonchev–Trinajstić information content (AvgIpc) is 2.85.